The number of carboxylic acid groups (broad SMARTS) is 1. The Morgan fingerprint density at radius 1 is 1.14 bits per heavy atom. The second-order valence-electron chi connectivity index (χ2n) is 7.11. The molecule has 0 saturated carbocycles. The van der Waals surface area contributed by atoms with Crippen LogP contribution in [0.15, 0.2) is 60.9 Å². The van der Waals surface area contributed by atoms with Crippen LogP contribution >= 0.6 is 0 Å². The number of ether oxygens (including phenoxy) is 1. The van der Waals surface area contributed by atoms with Crippen LogP contribution in [-0.2, 0) is 11.3 Å². The predicted octanol–water partition coefficient (Wildman–Crippen LogP) is 2.92. The van der Waals surface area contributed by atoms with E-state index in [4.69, 9.17) is 9.84 Å². The van der Waals surface area contributed by atoms with Crippen molar-refractivity contribution in [1.82, 2.24) is 15.3 Å². The van der Waals surface area contributed by atoms with E-state index in [1.807, 2.05) is 42.4 Å². The molecule has 0 bridgehead atoms. The number of hydrazine groups is 1. The van der Waals surface area contributed by atoms with Crippen LogP contribution < -0.4 is 10.2 Å². The maximum Gasteiger partial charge on any atom is 0.335 e. The van der Waals surface area contributed by atoms with E-state index in [-0.39, 0.29) is 23.6 Å². The summed E-state index contributed by atoms with van der Waals surface area (Å²) in [5.74, 6) is -0.0997. The lowest BCUT2D eigenvalue weighted by atomic mass is 10.0. The van der Waals surface area contributed by atoms with E-state index < -0.39 is 5.97 Å². The molecule has 2 aliphatic heterocycles. The number of hydrogen-bond acceptors (Lipinski definition) is 5. The van der Waals surface area contributed by atoms with Gasteiger partial charge in [0.05, 0.1) is 24.8 Å². The summed E-state index contributed by atoms with van der Waals surface area (Å²) in [6, 6.07) is 14.3. The third kappa shape index (κ3) is 3.95. The number of hydrogen-bond donors (Lipinski definition) is 2. The fraction of sp³-hybridized carbons (Fsp3) is 0.273. The molecule has 4 rings (SSSR count). The summed E-state index contributed by atoms with van der Waals surface area (Å²) in [5.41, 5.74) is 5.62. The van der Waals surface area contributed by atoms with Crippen LogP contribution in [0.3, 0.4) is 0 Å². The Kier molecular flexibility index (Phi) is 5.22. The molecule has 29 heavy (non-hydrogen) atoms. The minimum atomic E-state index is -0.960. The normalized spacial score (nSPS) is 20.7. The number of rotatable bonds is 6. The first-order chi connectivity index (χ1) is 14.0. The van der Waals surface area contributed by atoms with E-state index in [9.17, 15) is 9.59 Å². The first kappa shape index (κ1) is 19.0. The van der Waals surface area contributed by atoms with Crippen molar-refractivity contribution in [3.8, 4) is 5.75 Å². The average Bonchev–Trinajstić information content (AvgIpc) is 3.16. The fourth-order valence-electron chi connectivity index (χ4n) is 3.70. The highest BCUT2D eigenvalue weighted by Gasteiger charge is 2.39. The molecule has 1 fully saturated rings. The van der Waals surface area contributed by atoms with Crippen molar-refractivity contribution < 1.29 is 19.4 Å². The monoisotopic (exact) mass is 393 g/mol. The minimum absolute atomic E-state index is 0.0238. The molecule has 2 aliphatic rings. The largest absolute Gasteiger partial charge is 0.494 e. The summed E-state index contributed by atoms with van der Waals surface area (Å²) < 4.78 is 5.49. The number of nitrogens with one attached hydrogen (secondary N) is 1. The molecule has 2 aromatic carbocycles. The minimum Gasteiger partial charge on any atom is -0.494 e. The topological polar surface area (TPSA) is 82.1 Å². The molecule has 7 nitrogen and oxygen atoms in total. The van der Waals surface area contributed by atoms with Gasteiger partial charge >= 0.3 is 5.97 Å². The van der Waals surface area contributed by atoms with Gasteiger partial charge in [0.2, 0.25) is 0 Å². The highest BCUT2D eigenvalue weighted by molar-refractivity contribution is 5.87. The van der Waals surface area contributed by atoms with Gasteiger partial charge in [0.25, 0.3) is 5.91 Å². The molecule has 0 spiro atoms. The number of benzene rings is 2. The van der Waals surface area contributed by atoms with Crippen molar-refractivity contribution in [2.24, 2.45) is 0 Å². The van der Waals surface area contributed by atoms with Crippen molar-refractivity contribution in [3.05, 3.63) is 77.6 Å². The molecule has 7 heteroatoms. The van der Waals surface area contributed by atoms with Crippen LogP contribution in [0.2, 0.25) is 0 Å². The summed E-state index contributed by atoms with van der Waals surface area (Å²) in [4.78, 5) is 25.6. The summed E-state index contributed by atoms with van der Waals surface area (Å²) in [6.45, 7) is 2.99. The lowest BCUT2D eigenvalue weighted by Crippen LogP contribution is -2.47. The summed E-state index contributed by atoms with van der Waals surface area (Å²) >= 11 is 0. The molecule has 2 atom stereocenters. The fourth-order valence-corrected chi connectivity index (χ4v) is 3.70. The molecule has 1 amide bonds. The predicted molar refractivity (Wildman–Crippen MR) is 107 cm³/mol. The number of fused-ring (bicyclic) bond motifs is 1. The van der Waals surface area contributed by atoms with Crippen LogP contribution in [0.4, 0.5) is 0 Å². The van der Waals surface area contributed by atoms with E-state index in [0.29, 0.717) is 19.6 Å². The van der Waals surface area contributed by atoms with Crippen molar-refractivity contribution in [2.75, 3.05) is 6.61 Å². The zero-order valence-electron chi connectivity index (χ0n) is 16.1. The number of carbonyl (C=O) groups excluding carboxylic acids is 1. The van der Waals surface area contributed by atoms with Gasteiger partial charge in [-0.2, -0.15) is 0 Å². The molecule has 2 unspecified atom stereocenters. The van der Waals surface area contributed by atoms with E-state index >= 15 is 0 Å². The Bertz CT molecular complexity index is 924. The maximum absolute atomic E-state index is 13.0. The van der Waals surface area contributed by atoms with Crippen molar-refractivity contribution in [2.45, 2.75) is 32.0 Å². The Balaban J connectivity index is 1.42. The van der Waals surface area contributed by atoms with Gasteiger partial charge in [0, 0.05) is 12.4 Å². The number of carbonyl (C=O) groups is 2. The average molecular weight is 393 g/mol. The summed E-state index contributed by atoms with van der Waals surface area (Å²) in [7, 11) is 0. The van der Waals surface area contributed by atoms with Gasteiger partial charge < -0.3 is 19.8 Å². The Hall–Kier alpha value is -3.32. The van der Waals surface area contributed by atoms with E-state index in [0.717, 1.165) is 16.9 Å². The molecule has 150 valence electrons. The number of carboxylic acids is 1. The smallest absolute Gasteiger partial charge is 0.335 e. The second kappa shape index (κ2) is 7.97. The van der Waals surface area contributed by atoms with Gasteiger partial charge in [-0.1, -0.05) is 24.3 Å². The number of aromatic carboxylic acids is 1. The van der Waals surface area contributed by atoms with E-state index in [1.54, 1.807) is 35.4 Å². The van der Waals surface area contributed by atoms with Gasteiger partial charge in [0.1, 0.15) is 11.8 Å². The molecule has 2 N–H and O–H groups in total. The summed E-state index contributed by atoms with van der Waals surface area (Å²) in [6.07, 6.45) is 4.31. The van der Waals surface area contributed by atoms with Crippen LogP contribution in [0.25, 0.3) is 0 Å². The van der Waals surface area contributed by atoms with Gasteiger partial charge in [-0.3, -0.25) is 4.79 Å². The van der Waals surface area contributed by atoms with E-state index in [2.05, 4.69) is 5.43 Å². The van der Waals surface area contributed by atoms with Crippen molar-refractivity contribution in [3.63, 3.8) is 0 Å². The third-order valence-corrected chi connectivity index (χ3v) is 5.22. The van der Waals surface area contributed by atoms with Crippen LogP contribution in [0.1, 0.15) is 40.9 Å². The van der Waals surface area contributed by atoms with Gasteiger partial charge in [-0.25, -0.2) is 10.2 Å². The van der Waals surface area contributed by atoms with Crippen LogP contribution in [-0.4, -0.2) is 39.5 Å². The molecule has 0 radical (unpaired) electrons. The molecular weight excluding hydrogens is 370 g/mol. The highest BCUT2D eigenvalue weighted by Crippen LogP contribution is 2.32. The third-order valence-electron chi connectivity index (χ3n) is 5.22. The Labute approximate surface area is 169 Å². The Morgan fingerprint density at radius 2 is 1.86 bits per heavy atom. The van der Waals surface area contributed by atoms with Gasteiger partial charge in [-0.05, 0) is 48.7 Å². The lowest BCUT2D eigenvalue weighted by Gasteiger charge is -2.31. The Morgan fingerprint density at radius 3 is 2.52 bits per heavy atom. The van der Waals surface area contributed by atoms with Crippen LogP contribution in [0.5, 0.6) is 5.75 Å². The number of amides is 1. The number of nitrogens with zero attached hydrogens (tertiary/aromatic N) is 2. The van der Waals surface area contributed by atoms with E-state index in [1.165, 1.54) is 0 Å². The summed E-state index contributed by atoms with van der Waals surface area (Å²) in [5, 5.41) is 10.9. The van der Waals surface area contributed by atoms with Crippen molar-refractivity contribution in [1.29, 1.82) is 0 Å². The zero-order chi connectivity index (χ0) is 20.4. The van der Waals surface area contributed by atoms with Crippen molar-refractivity contribution >= 4 is 11.9 Å². The SMILES string of the molecule is CCOc1ccc(C2CC3C(=O)N(Cc4ccc(C(=O)O)cc4)C=CN3N2)cc1. The lowest BCUT2D eigenvalue weighted by molar-refractivity contribution is -0.134. The van der Waals surface area contributed by atoms with Gasteiger partial charge in [0.15, 0.2) is 0 Å². The van der Waals surface area contributed by atoms with Crippen LogP contribution in [0, 0.1) is 0 Å². The molecule has 0 aliphatic carbocycles. The standard InChI is InChI=1S/C22H23N3O4/c1-2-29-18-9-7-16(8-10-18)19-13-20-21(26)24(11-12-25(20)23-19)14-15-3-5-17(6-4-15)22(27)28/h3-12,19-20,23H,2,13-14H2,1H3,(H,27,28). The second-order valence-corrected chi connectivity index (χ2v) is 7.11. The molecule has 2 heterocycles. The molecule has 2 aromatic rings. The highest BCUT2D eigenvalue weighted by atomic mass is 16.5. The van der Waals surface area contributed by atoms with Gasteiger partial charge in [-0.15, -0.1) is 0 Å². The first-order valence-corrected chi connectivity index (χ1v) is 9.63. The molecule has 0 aromatic heterocycles. The quantitative estimate of drug-likeness (QED) is 0.785. The zero-order valence-corrected chi connectivity index (χ0v) is 16.1. The molecule has 1 saturated heterocycles. The maximum atomic E-state index is 13.0. The first-order valence-electron chi connectivity index (χ1n) is 9.63. The molecular formula is C22H23N3O4.